The van der Waals surface area contributed by atoms with Gasteiger partial charge in [0.05, 0.1) is 17.8 Å². The van der Waals surface area contributed by atoms with E-state index in [1.54, 1.807) is 24.3 Å². The van der Waals surface area contributed by atoms with Crippen molar-refractivity contribution in [3.8, 4) is 0 Å². The Bertz CT molecular complexity index is 1200. The van der Waals surface area contributed by atoms with Crippen molar-refractivity contribution in [3.63, 3.8) is 0 Å². The van der Waals surface area contributed by atoms with E-state index in [1.807, 2.05) is 0 Å². The van der Waals surface area contributed by atoms with Crippen molar-refractivity contribution in [2.75, 3.05) is 16.9 Å². The number of nitrogens with zero attached hydrogens (tertiary/aromatic N) is 1. The molecule has 1 aliphatic rings. The third kappa shape index (κ3) is 6.45. The zero-order chi connectivity index (χ0) is 24.2. The number of para-hydroxylation sites is 1. The quantitative estimate of drug-likeness (QED) is 0.355. The van der Waals surface area contributed by atoms with E-state index in [-0.39, 0.29) is 26.7 Å². The molecule has 0 bridgehead atoms. The molecule has 1 fully saturated rings. The number of rotatable bonds is 9. The number of aliphatic carboxylic acids is 1. The Hall–Kier alpha value is -3.12. The van der Waals surface area contributed by atoms with Crippen molar-refractivity contribution in [1.29, 1.82) is 0 Å². The number of amides is 2. The molecule has 0 atom stereocenters. The molecule has 1 saturated carbocycles. The largest absolute Gasteiger partial charge is 0.481 e. The van der Waals surface area contributed by atoms with E-state index >= 15 is 0 Å². The van der Waals surface area contributed by atoms with Gasteiger partial charge in [-0.2, -0.15) is 0 Å². The predicted molar refractivity (Wildman–Crippen MR) is 121 cm³/mol. The molecule has 0 aliphatic heterocycles. The monoisotopic (exact) mass is 493 g/mol. The number of Topliss-reactive ketones (excluding diaryl/α,β-unsaturated/α-hetero) is 1. The Morgan fingerprint density at radius 2 is 1.73 bits per heavy atom. The van der Waals surface area contributed by atoms with Gasteiger partial charge in [0.15, 0.2) is 20.8 Å². The Kier molecular flexibility index (Phi) is 7.59. The van der Waals surface area contributed by atoms with Crippen molar-refractivity contribution in [3.05, 3.63) is 35.5 Å². The predicted octanol–water partition coefficient (Wildman–Crippen LogP) is 2.51. The molecular formula is C21H23N3O7S2. The highest BCUT2D eigenvalue weighted by molar-refractivity contribution is 7.92. The summed E-state index contributed by atoms with van der Waals surface area (Å²) in [5.41, 5.74) is 0.535. The number of hydrogen-bond acceptors (Lipinski definition) is 8. The first-order valence-electron chi connectivity index (χ1n) is 10.2. The lowest BCUT2D eigenvalue weighted by molar-refractivity contribution is -0.136. The van der Waals surface area contributed by atoms with Crippen LogP contribution in [0.25, 0.3) is 0 Å². The summed E-state index contributed by atoms with van der Waals surface area (Å²) in [6, 6.07) is 6.62. The number of aromatic nitrogens is 1. The third-order valence-corrected chi connectivity index (χ3v) is 7.95. The molecule has 1 aromatic heterocycles. The van der Waals surface area contributed by atoms with E-state index < -0.39 is 40.5 Å². The number of thiazole rings is 1. The fraction of sp³-hybridized carbons (Fsp3) is 0.381. The number of benzene rings is 1. The van der Waals surface area contributed by atoms with Gasteiger partial charge in [0.1, 0.15) is 10.6 Å². The van der Waals surface area contributed by atoms with Gasteiger partial charge in [-0.3, -0.25) is 19.2 Å². The summed E-state index contributed by atoms with van der Waals surface area (Å²) in [5, 5.41) is 13.7. The van der Waals surface area contributed by atoms with Crippen molar-refractivity contribution in [1.82, 2.24) is 4.98 Å². The smallest absolute Gasteiger partial charge is 0.309 e. The molecule has 0 radical (unpaired) electrons. The van der Waals surface area contributed by atoms with Crippen LogP contribution in [-0.2, 0) is 30.6 Å². The lowest BCUT2D eigenvalue weighted by Gasteiger charge is -2.13. The van der Waals surface area contributed by atoms with E-state index in [9.17, 15) is 27.6 Å². The number of nitrogens with one attached hydrogen (secondary N) is 2. The molecule has 0 saturated heterocycles. The minimum Gasteiger partial charge on any atom is -0.481 e. The highest BCUT2D eigenvalue weighted by Crippen LogP contribution is 2.31. The van der Waals surface area contributed by atoms with Crippen molar-refractivity contribution in [2.45, 2.75) is 42.7 Å². The summed E-state index contributed by atoms with van der Waals surface area (Å²) < 4.78 is 23.5. The van der Waals surface area contributed by atoms with Crippen LogP contribution < -0.4 is 10.6 Å². The first kappa shape index (κ1) is 24.5. The van der Waals surface area contributed by atoms with Crippen LogP contribution in [0.3, 0.4) is 0 Å². The zero-order valence-corrected chi connectivity index (χ0v) is 19.4. The molecular weight excluding hydrogens is 470 g/mol. The van der Waals surface area contributed by atoms with Crippen LogP contribution in [0.5, 0.6) is 0 Å². The van der Waals surface area contributed by atoms with Crippen molar-refractivity contribution < 1.29 is 32.7 Å². The molecule has 176 valence electrons. The topological polar surface area (TPSA) is 160 Å². The molecule has 2 amide bonds. The SMILES string of the molecule is CS(=O)(=O)c1sc(NC(=O)CC(=O)Nc2ccccc2C(=O)C2CCCC2)nc1CC(=O)O. The zero-order valence-electron chi connectivity index (χ0n) is 17.8. The summed E-state index contributed by atoms with van der Waals surface area (Å²) in [6.45, 7) is 0. The molecule has 33 heavy (non-hydrogen) atoms. The molecule has 10 nitrogen and oxygen atoms in total. The molecule has 1 aliphatic carbocycles. The van der Waals surface area contributed by atoms with Gasteiger partial charge in [0, 0.05) is 17.7 Å². The number of carbonyl (C=O) groups excluding carboxylic acids is 3. The summed E-state index contributed by atoms with van der Waals surface area (Å²) in [6.07, 6.45) is 3.31. The Labute approximate surface area is 194 Å². The summed E-state index contributed by atoms with van der Waals surface area (Å²) >= 11 is 0.618. The molecule has 1 aromatic carbocycles. The minimum absolute atomic E-state index is 0.0325. The Balaban J connectivity index is 1.66. The summed E-state index contributed by atoms with van der Waals surface area (Å²) in [5.74, 6) is -2.80. The number of sulfone groups is 1. The lowest BCUT2D eigenvalue weighted by Crippen LogP contribution is -2.23. The van der Waals surface area contributed by atoms with Gasteiger partial charge in [-0.25, -0.2) is 13.4 Å². The maximum atomic E-state index is 12.8. The van der Waals surface area contributed by atoms with Gasteiger partial charge < -0.3 is 15.7 Å². The number of carbonyl (C=O) groups is 4. The van der Waals surface area contributed by atoms with Gasteiger partial charge >= 0.3 is 5.97 Å². The molecule has 0 spiro atoms. The van der Waals surface area contributed by atoms with Crippen LogP contribution in [0.1, 0.15) is 48.2 Å². The second-order valence-electron chi connectivity index (χ2n) is 7.76. The number of anilines is 2. The van der Waals surface area contributed by atoms with Gasteiger partial charge in [-0.05, 0) is 25.0 Å². The van der Waals surface area contributed by atoms with Crippen LogP contribution in [0, 0.1) is 5.92 Å². The standard InChI is InChI=1S/C21H23N3O7S2/c1-33(30,31)20-15(10-18(27)28)23-21(32-20)24-17(26)11-16(25)22-14-9-5-4-8-13(14)19(29)12-6-2-3-7-12/h4-5,8-9,12H,2-3,6-7,10-11H2,1H3,(H,22,25)(H,27,28)(H,23,24,26). The molecule has 12 heteroatoms. The number of carboxylic acid groups (broad SMARTS) is 1. The van der Waals surface area contributed by atoms with Gasteiger partial charge in [0.25, 0.3) is 0 Å². The fourth-order valence-corrected chi connectivity index (χ4v) is 5.77. The van der Waals surface area contributed by atoms with E-state index in [0.29, 0.717) is 22.6 Å². The highest BCUT2D eigenvalue weighted by atomic mass is 32.2. The van der Waals surface area contributed by atoms with Crippen molar-refractivity contribution >= 4 is 55.6 Å². The average molecular weight is 494 g/mol. The van der Waals surface area contributed by atoms with E-state index in [2.05, 4.69) is 15.6 Å². The van der Waals surface area contributed by atoms with Crippen LogP contribution in [0.4, 0.5) is 10.8 Å². The van der Waals surface area contributed by atoms with Crippen LogP contribution in [0.2, 0.25) is 0 Å². The molecule has 1 heterocycles. The number of ketones is 1. The highest BCUT2D eigenvalue weighted by Gasteiger charge is 2.26. The average Bonchev–Trinajstić information content (AvgIpc) is 3.37. The minimum atomic E-state index is -3.75. The molecule has 3 N–H and O–H groups in total. The van der Waals surface area contributed by atoms with Crippen LogP contribution >= 0.6 is 11.3 Å². The third-order valence-electron chi connectivity index (χ3n) is 5.08. The van der Waals surface area contributed by atoms with Gasteiger partial charge in [-0.15, -0.1) is 0 Å². The van der Waals surface area contributed by atoms with Crippen LogP contribution in [-0.4, -0.2) is 48.3 Å². The lowest BCUT2D eigenvalue weighted by atomic mass is 9.95. The second-order valence-corrected chi connectivity index (χ2v) is 11.0. The van der Waals surface area contributed by atoms with E-state index in [4.69, 9.17) is 5.11 Å². The fourth-order valence-electron chi connectivity index (χ4n) is 3.65. The van der Waals surface area contributed by atoms with Crippen molar-refractivity contribution in [2.24, 2.45) is 5.92 Å². The summed E-state index contributed by atoms with van der Waals surface area (Å²) in [4.78, 5) is 52.3. The van der Waals surface area contributed by atoms with Gasteiger partial charge in [-0.1, -0.05) is 36.3 Å². The molecule has 0 unspecified atom stereocenters. The first-order chi connectivity index (χ1) is 15.5. The van der Waals surface area contributed by atoms with E-state index in [0.717, 1.165) is 31.9 Å². The van der Waals surface area contributed by atoms with Gasteiger partial charge in [0.2, 0.25) is 11.8 Å². The maximum absolute atomic E-state index is 12.8. The van der Waals surface area contributed by atoms with Crippen LogP contribution in [0.15, 0.2) is 28.5 Å². The second kappa shape index (κ2) is 10.2. The molecule has 2 aromatic rings. The molecule has 3 rings (SSSR count). The number of hydrogen-bond donors (Lipinski definition) is 3. The maximum Gasteiger partial charge on any atom is 0.309 e. The number of carboxylic acids is 1. The normalized spacial score (nSPS) is 14.1. The van der Waals surface area contributed by atoms with E-state index in [1.165, 1.54) is 0 Å². The first-order valence-corrected chi connectivity index (χ1v) is 12.9. The Morgan fingerprint density at radius 1 is 1.09 bits per heavy atom. The summed E-state index contributed by atoms with van der Waals surface area (Å²) in [7, 11) is -3.75. The Morgan fingerprint density at radius 3 is 2.36 bits per heavy atom.